The van der Waals surface area contributed by atoms with Crippen LogP contribution in [-0.4, -0.2) is 13.0 Å². The van der Waals surface area contributed by atoms with Gasteiger partial charge in [0.2, 0.25) is 0 Å². The Balaban J connectivity index is 2.12. The number of nitrogens with zero attached hydrogens (tertiary/aromatic N) is 2. The molecule has 2 rings (SSSR count). The number of benzene rings is 2. The lowest BCUT2D eigenvalue weighted by atomic mass is 10.2. The molecule has 5 nitrogen and oxygen atoms in total. The second kappa shape index (κ2) is 5.73. The lowest BCUT2D eigenvalue weighted by Crippen LogP contribution is -1.96. The van der Waals surface area contributed by atoms with Crippen LogP contribution in [0.25, 0.3) is 0 Å². The fourth-order valence-corrected chi connectivity index (χ4v) is 2.01. The van der Waals surface area contributed by atoms with Crippen molar-refractivity contribution in [3.05, 3.63) is 60.2 Å². The molecule has 0 fully saturated rings. The Morgan fingerprint density at radius 2 is 1.74 bits per heavy atom. The van der Waals surface area contributed by atoms with E-state index < -0.39 is 10.1 Å². The van der Waals surface area contributed by atoms with Gasteiger partial charge in [-0.15, -0.1) is 0 Å². The molecule has 2 aromatic carbocycles. The summed E-state index contributed by atoms with van der Waals surface area (Å²) in [6, 6.07) is 15.3. The zero-order chi connectivity index (χ0) is 13.7. The first kappa shape index (κ1) is 13.4. The Bertz CT molecular complexity index is 682. The van der Waals surface area contributed by atoms with Crippen molar-refractivity contribution in [2.24, 2.45) is 10.2 Å². The first-order valence-electron chi connectivity index (χ1n) is 5.55. The largest absolute Gasteiger partial charge is 0.294 e. The Kier molecular flexibility index (Phi) is 4.03. The average Bonchev–Trinajstić information content (AvgIpc) is 2.39. The molecule has 0 aliphatic rings. The second-order valence-corrected chi connectivity index (χ2v) is 5.28. The van der Waals surface area contributed by atoms with Crippen LogP contribution in [0.4, 0.5) is 5.69 Å². The van der Waals surface area contributed by atoms with Crippen LogP contribution in [-0.2, 0) is 16.7 Å². The van der Waals surface area contributed by atoms with E-state index in [0.717, 1.165) is 5.56 Å². The van der Waals surface area contributed by atoms with Gasteiger partial charge in [0.1, 0.15) is 0 Å². The van der Waals surface area contributed by atoms with E-state index in [1.54, 1.807) is 6.07 Å². The predicted molar refractivity (Wildman–Crippen MR) is 70.9 cm³/mol. The summed E-state index contributed by atoms with van der Waals surface area (Å²) in [5.74, 6) is 0. The molecule has 0 bridgehead atoms. The van der Waals surface area contributed by atoms with E-state index in [1.807, 2.05) is 30.3 Å². The summed E-state index contributed by atoms with van der Waals surface area (Å²) in [5, 5.41) is 7.91. The van der Waals surface area contributed by atoms with Crippen LogP contribution in [0.5, 0.6) is 0 Å². The maximum absolute atomic E-state index is 11.0. The van der Waals surface area contributed by atoms with Crippen molar-refractivity contribution < 1.29 is 13.0 Å². The van der Waals surface area contributed by atoms with Gasteiger partial charge < -0.3 is 0 Å². The number of hydrogen-bond acceptors (Lipinski definition) is 4. The van der Waals surface area contributed by atoms with Crippen LogP contribution in [0, 0.1) is 0 Å². The van der Waals surface area contributed by atoms with Crippen molar-refractivity contribution in [2.45, 2.75) is 11.4 Å². The number of hydrogen-bond donors (Lipinski definition) is 1. The molecule has 98 valence electrons. The molecule has 0 saturated heterocycles. The Morgan fingerprint density at radius 1 is 1.00 bits per heavy atom. The van der Waals surface area contributed by atoms with Gasteiger partial charge in [0.25, 0.3) is 10.1 Å². The lowest BCUT2D eigenvalue weighted by molar-refractivity contribution is 0.483. The van der Waals surface area contributed by atoms with E-state index in [4.69, 9.17) is 4.55 Å². The summed E-state index contributed by atoms with van der Waals surface area (Å²) in [6.45, 7) is 0.414. The van der Waals surface area contributed by atoms with Gasteiger partial charge in [-0.1, -0.05) is 36.4 Å². The summed E-state index contributed by atoms with van der Waals surface area (Å²) in [6.07, 6.45) is 0. The van der Waals surface area contributed by atoms with E-state index in [0.29, 0.717) is 12.2 Å². The van der Waals surface area contributed by atoms with Crippen LogP contribution >= 0.6 is 0 Å². The van der Waals surface area contributed by atoms with Crippen LogP contribution in [0.1, 0.15) is 5.56 Å². The third-order valence-corrected chi connectivity index (χ3v) is 3.25. The van der Waals surface area contributed by atoms with Gasteiger partial charge in [-0.05, 0) is 23.8 Å². The van der Waals surface area contributed by atoms with Gasteiger partial charge in [0, 0.05) is 0 Å². The molecule has 0 amide bonds. The van der Waals surface area contributed by atoms with Gasteiger partial charge in [0.05, 0.1) is 17.1 Å². The fourth-order valence-electron chi connectivity index (χ4n) is 1.49. The quantitative estimate of drug-likeness (QED) is 0.687. The molecule has 0 radical (unpaired) electrons. The molecule has 2 aromatic rings. The third kappa shape index (κ3) is 3.97. The van der Waals surface area contributed by atoms with E-state index >= 15 is 0 Å². The average molecular weight is 276 g/mol. The normalized spacial score (nSPS) is 11.8. The van der Waals surface area contributed by atoms with Crippen LogP contribution in [0.15, 0.2) is 69.7 Å². The predicted octanol–water partition coefficient (Wildman–Crippen LogP) is 3.22. The molecule has 1 N–H and O–H groups in total. The monoisotopic (exact) mass is 276 g/mol. The van der Waals surface area contributed by atoms with Crippen molar-refractivity contribution in [3.63, 3.8) is 0 Å². The van der Waals surface area contributed by atoms with Crippen molar-refractivity contribution >= 4 is 15.8 Å². The summed E-state index contributed by atoms with van der Waals surface area (Å²) in [7, 11) is -4.20. The van der Waals surface area contributed by atoms with Gasteiger partial charge in [-0.3, -0.25) is 4.55 Å². The summed E-state index contributed by atoms with van der Waals surface area (Å²) < 4.78 is 30.8. The fraction of sp³-hybridized carbons (Fsp3) is 0.0769. The molecule has 0 aliphatic carbocycles. The minimum atomic E-state index is -4.20. The van der Waals surface area contributed by atoms with E-state index in [-0.39, 0.29) is 4.90 Å². The SMILES string of the molecule is O=S(=O)(O)c1cccc(N=NCc2ccccc2)c1. The van der Waals surface area contributed by atoms with E-state index in [1.165, 1.54) is 18.2 Å². The highest BCUT2D eigenvalue weighted by Gasteiger charge is 2.08. The first-order chi connectivity index (χ1) is 9.05. The topological polar surface area (TPSA) is 79.1 Å². The summed E-state index contributed by atoms with van der Waals surface area (Å²) in [4.78, 5) is -0.191. The number of rotatable bonds is 4. The summed E-state index contributed by atoms with van der Waals surface area (Å²) >= 11 is 0. The van der Waals surface area contributed by atoms with Crippen molar-refractivity contribution in [1.82, 2.24) is 0 Å². The Hall–Kier alpha value is -2.05. The second-order valence-electron chi connectivity index (χ2n) is 3.86. The highest BCUT2D eigenvalue weighted by atomic mass is 32.2. The lowest BCUT2D eigenvalue weighted by Gasteiger charge is -1.98. The smallest absolute Gasteiger partial charge is 0.282 e. The molecule has 6 heteroatoms. The zero-order valence-electron chi connectivity index (χ0n) is 9.97. The van der Waals surface area contributed by atoms with Gasteiger partial charge in [-0.2, -0.15) is 18.6 Å². The molecule has 0 aliphatic heterocycles. The van der Waals surface area contributed by atoms with Crippen molar-refractivity contribution in [3.8, 4) is 0 Å². The van der Waals surface area contributed by atoms with Gasteiger partial charge >= 0.3 is 0 Å². The Labute approximate surface area is 111 Å². The molecule has 19 heavy (non-hydrogen) atoms. The van der Waals surface area contributed by atoms with Gasteiger partial charge in [-0.25, -0.2) is 0 Å². The summed E-state index contributed by atoms with van der Waals surface area (Å²) in [5.41, 5.74) is 1.39. The molecule has 0 saturated carbocycles. The minimum Gasteiger partial charge on any atom is -0.282 e. The molecule has 0 aromatic heterocycles. The standard InChI is InChI=1S/C13H12N2O3S/c16-19(17,18)13-8-4-7-12(9-13)15-14-10-11-5-2-1-3-6-11/h1-9H,10H2,(H,16,17,18). The minimum absolute atomic E-state index is 0.191. The maximum atomic E-state index is 11.0. The third-order valence-electron chi connectivity index (χ3n) is 2.40. The highest BCUT2D eigenvalue weighted by molar-refractivity contribution is 7.85. The Morgan fingerprint density at radius 3 is 2.42 bits per heavy atom. The van der Waals surface area contributed by atoms with Crippen LogP contribution < -0.4 is 0 Å². The highest BCUT2D eigenvalue weighted by Crippen LogP contribution is 2.18. The molecule has 0 spiro atoms. The van der Waals surface area contributed by atoms with Gasteiger partial charge in [0.15, 0.2) is 0 Å². The van der Waals surface area contributed by atoms with Crippen LogP contribution in [0.2, 0.25) is 0 Å². The number of azo groups is 1. The zero-order valence-corrected chi connectivity index (χ0v) is 10.8. The molecule has 0 heterocycles. The molecule has 0 unspecified atom stereocenters. The van der Waals surface area contributed by atoms with Crippen molar-refractivity contribution in [1.29, 1.82) is 0 Å². The van der Waals surface area contributed by atoms with Crippen molar-refractivity contribution in [2.75, 3.05) is 0 Å². The molecule has 0 atom stereocenters. The molecular formula is C13H12N2O3S. The van der Waals surface area contributed by atoms with Crippen LogP contribution in [0.3, 0.4) is 0 Å². The maximum Gasteiger partial charge on any atom is 0.294 e. The molecular weight excluding hydrogens is 264 g/mol. The van der Waals surface area contributed by atoms with E-state index in [9.17, 15) is 8.42 Å². The first-order valence-corrected chi connectivity index (χ1v) is 6.99. The van der Waals surface area contributed by atoms with E-state index in [2.05, 4.69) is 10.2 Å².